The molecule has 0 fully saturated rings. The van der Waals surface area contributed by atoms with Gasteiger partial charge in [0.15, 0.2) is 5.76 Å². The van der Waals surface area contributed by atoms with Gasteiger partial charge in [-0.25, -0.2) is 4.98 Å². The van der Waals surface area contributed by atoms with Crippen molar-refractivity contribution >= 4 is 54.6 Å². The molecular weight excluding hydrogens is 400 g/mol. The molecule has 106 valence electrons. The molecule has 4 nitrogen and oxygen atoms in total. The van der Waals surface area contributed by atoms with Crippen molar-refractivity contribution in [3.05, 3.63) is 56.8 Å². The maximum absolute atomic E-state index is 12.3. The number of hydrogen-bond acceptors (Lipinski definition) is 3. The third-order valence-electron chi connectivity index (χ3n) is 3.07. The molecule has 21 heavy (non-hydrogen) atoms. The number of anilines is 1. The number of aryl methyl sites for hydroxylation is 1. The molecule has 0 saturated carbocycles. The Hall–Kier alpha value is -1.66. The van der Waals surface area contributed by atoms with Gasteiger partial charge in [0.05, 0.1) is 0 Å². The molecule has 1 amide bonds. The van der Waals surface area contributed by atoms with Gasteiger partial charge in [-0.3, -0.25) is 4.79 Å². The normalized spacial score (nSPS) is 10.8. The third-order valence-corrected chi connectivity index (χ3v) is 4.04. The highest BCUT2D eigenvalue weighted by Crippen LogP contribution is 2.28. The Kier molecular flexibility index (Phi) is 3.82. The molecule has 2 heterocycles. The number of nitrogens with zero attached hydrogens (tertiary/aromatic N) is 1. The van der Waals surface area contributed by atoms with E-state index in [1.807, 2.05) is 31.2 Å². The number of nitrogens with one attached hydrogen (secondary N) is 1. The predicted octanol–water partition coefficient (Wildman–Crippen LogP) is 4.91. The Morgan fingerprint density at radius 1 is 1.19 bits per heavy atom. The van der Waals surface area contributed by atoms with Gasteiger partial charge in [0.25, 0.3) is 5.91 Å². The van der Waals surface area contributed by atoms with E-state index in [1.54, 1.807) is 12.3 Å². The van der Waals surface area contributed by atoms with E-state index in [2.05, 4.69) is 42.2 Å². The first kappa shape index (κ1) is 14.3. The Labute approximate surface area is 137 Å². The number of pyridine rings is 1. The lowest BCUT2D eigenvalue weighted by Crippen LogP contribution is -2.13. The largest absolute Gasteiger partial charge is 0.451 e. The van der Waals surface area contributed by atoms with Crippen LogP contribution in [0, 0.1) is 6.92 Å². The SMILES string of the molecule is Cc1c(C(=O)Nc2ccc(Br)cn2)oc2ccc(Br)cc12. The molecule has 1 N–H and O–H groups in total. The standard InChI is InChI=1S/C15H10Br2N2O2/c1-8-11-6-9(16)2-4-12(11)21-14(8)15(20)19-13-5-3-10(17)7-18-13/h2-7H,1H3,(H,18,19,20). The Morgan fingerprint density at radius 3 is 2.67 bits per heavy atom. The summed E-state index contributed by atoms with van der Waals surface area (Å²) >= 11 is 6.72. The average Bonchev–Trinajstić information content (AvgIpc) is 2.79. The molecule has 0 radical (unpaired) electrons. The van der Waals surface area contributed by atoms with Gasteiger partial charge in [-0.05, 0) is 53.2 Å². The van der Waals surface area contributed by atoms with Gasteiger partial charge in [0.1, 0.15) is 11.4 Å². The van der Waals surface area contributed by atoms with Crippen molar-refractivity contribution in [2.24, 2.45) is 0 Å². The van der Waals surface area contributed by atoms with E-state index in [0.717, 1.165) is 19.9 Å². The zero-order chi connectivity index (χ0) is 15.0. The maximum atomic E-state index is 12.3. The number of amides is 1. The molecule has 0 atom stereocenters. The lowest BCUT2D eigenvalue weighted by Gasteiger charge is -2.02. The second kappa shape index (κ2) is 5.61. The van der Waals surface area contributed by atoms with Gasteiger partial charge in [0, 0.05) is 26.1 Å². The minimum atomic E-state index is -0.311. The van der Waals surface area contributed by atoms with E-state index in [4.69, 9.17) is 4.42 Å². The quantitative estimate of drug-likeness (QED) is 0.653. The minimum absolute atomic E-state index is 0.299. The van der Waals surface area contributed by atoms with Crippen LogP contribution in [0.3, 0.4) is 0 Å². The number of benzene rings is 1. The lowest BCUT2D eigenvalue weighted by atomic mass is 10.1. The summed E-state index contributed by atoms with van der Waals surface area (Å²) in [7, 11) is 0. The zero-order valence-electron chi connectivity index (χ0n) is 11.0. The van der Waals surface area contributed by atoms with Crippen molar-refractivity contribution in [1.29, 1.82) is 0 Å². The van der Waals surface area contributed by atoms with E-state index in [1.165, 1.54) is 0 Å². The number of rotatable bonds is 2. The molecule has 0 spiro atoms. The van der Waals surface area contributed by atoms with E-state index < -0.39 is 0 Å². The molecule has 0 aliphatic rings. The van der Waals surface area contributed by atoms with E-state index in [0.29, 0.717) is 17.2 Å². The highest BCUT2D eigenvalue weighted by molar-refractivity contribution is 9.10. The summed E-state index contributed by atoms with van der Waals surface area (Å²) in [5.74, 6) is 0.465. The van der Waals surface area contributed by atoms with Crippen LogP contribution in [-0.4, -0.2) is 10.9 Å². The number of fused-ring (bicyclic) bond motifs is 1. The second-order valence-corrected chi connectivity index (χ2v) is 6.34. The zero-order valence-corrected chi connectivity index (χ0v) is 14.2. The average molecular weight is 410 g/mol. The van der Waals surface area contributed by atoms with Crippen molar-refractivity contribution in [2.45, 2.75) is 6.92 Å². The van der Waals surface area contributed by atoms with Crippen molar-refractivity contribution in [2.75, 3.05) is 5.32 Å². The fourth-order valence-corrected chi connectivity index (χ4v) is 2.63. The number of furan rings is 1. The van der Waals surface area contributed by atoms with Gasteiger partial charge in [-0.1, -0.05) is 15.9 Å². The van der Waals surface area contributed by atoms with E-state index in [9.17, 15) is 4.79 Å². The van der Waals surface area contributed by atoms with Crippen LogP contribution in [0.15, 0.2) is 49.9 Å². The molecule has 0 bridgehead atoms. The Morgan fingerprint density at radius 2 is 1.95 bits per heavy atom. The summed E-state index contributed by atoms with van der Waals surface area (Å²) in [5.41, 5.74) is 1.49. The molecule has 3 rings (SSSR count). The summed E-state index contributed by atoms with van der Waals surface area (Å²) in [6.45, 7) is 1.86. The number of carbonyl (C=O) groups excluding carboxylic acids is 1. The Balaban J connectivity index is 1.94. The van der Waals surface area contributed by atoms with E-state index in [-0.39, 0.29) is 5.91 Å². The third kappa shape index (κ3) is 2.87. The molecule has 0 aliphatic heterocycles. The van der Waals surface area contributed by atoms with Crippen molar-refractivity contribution < 1.29 is 9.21 Å². The molecule has 2 aromatic heterocycles. The van der Waals surface area contributed by atoms with Crippen molar-refractivity contribution in [3.8, 4) is 0 Å². The fraction of sp³-hybridized carbons (Fsp3) is 0.0667. The molecule has 0 saturated heterocycles. The van der Waals surface area contributed by atoms with Crippen LogP contribution in [0.4, 0.5) is 5.82 Å². The van der Waals surface area contributed by atoms with Crippen LogP contribution in [0.1, 0.15) is 16.1 Å². The highest BCUT2D eigenvalue weighted by atomic mass is 79.9. The van der Waals surface area contributed by atoms with Crippen molar-refractivity contribution in [3.63, 3.8) is 0 Å². The molecule has 1 aromatic carbocycles. The van der Waals surface area contributed by atoms with Gasteiger partial charge < -0.3 is 9.73 Å². The summed E-state index contributed by atoms with van der Waals surface area (Å²) in [6.07, 6.45) is 1.62. The highest BCUT2D eigenvalue weighted by Gasteiger charge is 2.18. The monoisotopic (exact) mass is 408 g/mol. The first-order chi connectivity index (χ1) is 10.0. The van der Waals surface area contributed by atoms with E-state index >= 15 is 0 Å². The molecule has 0 unspecified atom stereocenters. The smallest absolute Gasteiger partial charge is 0.292 e. The van der Waals surface area contributed by atoms with Crippen LogP contribution in [0.2, 0.25) is 0 Å². The van der Waals surface area contributed by atoms with Crippen LogP contribution >= 0.6 is 31.9 Å². The van der Waals surface area contributed by atoms with Crippen molar-refractivity contribution in [1.82, 2.24) is 4.98 Å². The number of aromatic nitrogens is 1. The summed E-state index contributed by atoms with van der Waals surface area (Å²) in [5, 5.41) is 3.64. The minimum Gasteiger partial charge on any atom is -0.451 e. The van der Waals surface area contributed by atoms with Gasteiger partial charge >= 0.3 is 0 Å². The van der Waals surface area contributed by atoms with Gasteiger partial charge in [0.2, 0.25) is 0 Å². The fourth-order valence-electron chi connectivity index (χ4n) is 2.03. The van der Waals surface area contributed by atoms with Crippen LogP contribution in [-0.2, 0) is 0 Å². The topological polar surface area (TPSA) is 55.1 Å². The first-order valence-corrected chi connectivity index (χ1v) is 7.75. The first-order valence-electron chi connectivity index (χ1n) is 6.16. The molecule has 6 heteroatoms. The predicted molar refractivity (Wildman–Crippen MR) is 88.5 cm³/mol. The molecular formula is C15H10Br2N2O2. The summed E-state index contributed by atoms with van der Waals surface area (Å²) in [4.78, 5) is 16.4. The number of carbonyl (C=O) groups is 1. The molecule has 0 aliphatic carbocycles. The molecule has 3 aromatic rings. The van der Waals surface area contributed by atoms with Gasteiger partial charge in [-0.15, -0.1) is 0 Å². The van der Waals surface area contributed by atoms with Crippen LogP contribution < -0.4 is 5.32 Å². The summed E-state index contributed by atoms with van der Waals surface area (Å²) < 4.78 is 7.44. The van der Waals surface area contributed by atoms with Gasteiger partial charge in [-0.2, -0.15) is 0 Å². The lowest BCUT2D eigenvalue weighted by molar-refractivity contribution is 0.0997. The summed E-state index contributed by atoms with van der Waals surface area (Å²) in [6, 6.07) is 9.18. The van der Waals surface area contributed by atoms with Crippen LogP contribution in [0.5, 0.6) is 0 Å². The maximum Gasteiger partial charge on any atom is 0.292 e. The van der Waals surface area contributed by atoms with Crippen LogP contribution in [0.25, 0.3) is 11.0 Å². The second-order valence-electron chi connectivity index (χ2n) is 4.51. The number of hydrogen-bond donors (Lipinski definition) is 1. The number of halogens is 2. The Bertz CT molecular complexity index is 826.